The molecule has 0 radical (unpaired) electrons. The first-order chi connectivity index (χ1) is 10.8. The van der Waals surface area contributed by atoms with E-state index in [1.807, 2.05) is 0 Å². The van der Waals surface area contributed by atoms with Gasteiger partial charge in [0.2, 0.25) is 0 Å². The Hall–Kier alpha value is -1.36. The largest absolute Gasteiger partial charge is 0.358 e. The molecule has 0 unspecified atom stereocenters. The quantitative estimate of drug-likeness (QED) is 0.940. The number of rotatable bonds is 3. The molecule has 0 spiro atoms. The van der Waals surface area contributed by atoms with E-state index in [9.17, 15) is 0 Å². The monoisotopic (exact) mass is 298 g/mol. The molecular weight excluding hydrogens is 272 g/mol. The summed E-state index contributed by atoms with van der Waals surface area (Å²) in [6, 6.07) is 8.73. The van der Waals surface area contributed by atoms with Gasteiger partial charge in [0, 0.05) is 62.3 Å². The van der Waals surface area contributed by atoms with E-state index in [1.54, 1.807) is 0 Å². The SMILES string of the molecule is CCN1CCN(CN2CCc3[nH]c4ccccc4c3C2)CC1. The molecule has 4 heteroatoms. The predicted molar refractivity (Wildman–Crippen MR) is 91.0 cm³/mol. The lowest BCUT2D eigenvalue weighted by Gasteiger charge is -2.38. The lowest BCUT2D eigenvalue weighted by atomic mass is 10.0. The highest BCUT2D eigenvalue weighted by Crippen LogP contribution is 2.27. The Morgan fingerprint density at radius 2 is 1.73 bits per heavy atom. The Labute approximate surface area is 132 Å². The Morgan fingerprint density at radius 1 is 0.955 bits per heavy atom. The number of hydrogen-bond acceptors (Lipinski definition) is 3. The van der Waals surface area contributed by atoms with Gasteiger partial charge in [0.1, 0.15) is 0 Å². The molecule has 4 nitrogen and oxygen atoms in total. The molecule has 2 aromatic rings. The molecule has 1 N–H and O–H groups in total. The maximum absolute atomic E-state index is 3.61. The van der Waals surface area contributed by atoms with Crippen molar-refractivity contribution in [3.63, 3.8) is 0 Å². The molecular formula is C18H26N4. The van der Waals surface area contributed by atoms with E-state index in [1.165, 1.54) is 61.4 Å². The fraction of sp³-hybridized carbons (Fsp3) is 0.556. The average molecular weight is 298 g/mol. The van der Waals surface area contributed by atoms with E-state index in [0.717, 1.165) is 19.6 Å². The van der Waals surface area contributed by atoms with Gasteiger partial charge in [-0.2, -0.15) is 0 Å². The molecule has 3 heterocycles. The number of nitrogens with zero attached hydrogens (tertiary/aromatic N) is 3. The summed E-state index contributed by atoms with van der Waals surface area (Å²) in [5, 5.41) is 1.41. The van der Waals surface area contributed by atoms with Crippen molar-refractivity contribution >= 4 is 10.9 Å². The van der Waals surface area contributed by atoms with Crippen LogP contribution in [-0.4, -0.2) is 65.6 Å². The van der Waals surface area contributed by atoms with Gasteiger partial charge >= 0.3 is 0 Å². The normalized spacial score (nSPS) is 21.3. The molecule has 0 atom stereocenters. The Morgan fingerprint density at radius 3 is 2.55 bits per heavy atom. The number of piperazine rings is 1. The van der Waals surface area contributed by atoms with Gasteiger partial charge in [-0.15, -0.1) is 0 Å². The average Bonchev–Trinajstić information content (AvgIpc) is 2.94. The van der Waals surface area contributed by atoms with Crippen LogP contribution in [0.5, 0.6) is 0 Å². The molecule has 4 rings (SSSR count). The zero-order chi connectivity index (χ0) is 14.9. The number of H-pyrrole nitrogens is 1. The number of aromatic amines is 1. The van der Waals surface area contributed by atoms with Gasteiger partial charge < -0.3 is 9.88 Å². The molecule has 0 amide bonds. The van der Waals surface area contributed by atoms with Crippen LogP contribution < -0.4 is 0 Å². The minimum atomic E-state index is 1.09. The van der Waals surface area contributed by atoms with Crippen molar-refractivity contribution in [2.24, 2.45) is 0 Å². The van der Waals surface area contributed by atoms with Gasteiger partial charge in [-0.05, 0) is 18.2 Å². The van der Waals surface area contributed by atoms with Crippen LogP contribution in [0.4, 0.5) is 0 Å². The highest BCUT2D eigenvalue weighted by Gasteiger charge is 2.23. The zero-order valence-corrected chi connectivity index (χ0v) is 13.5. The van der Waals surface area contributed by atoms with Crippen LogP contribution in [0, 0.1) is 0 Å². The first-order valence-electron chi connectivity index (χ1n) is 8.59. The maximum Gasteiger partial charge on any atom is 0.0510 e. The standard InChI is InChI=1S/C18H26N4/c1-2-20-9-11-21(12-10-20)14-22-8-7-18-16(13-22)15-5-3-4-6-17(15)19-18/h3-6,19H,2,7-14H2,1H3. The van der Waals surface area contributed by atoms with Gasteiger partial charge in [-0.1, -0.05) is 25.1 Å². The van der Waals surface area contributed by atoms with E-state index < -0.39 is 0 Å². The summed E-state index contributed by atoms with van der Waals surface area (Å²) < 4.78 is 0. The summed E-state index contributed by atoms with van der Waals surface area (Å²) in [5.41, 5.74) is 4.27. The summed E-state index contributed by atoms with van der Waals surface area (Å²) in [5.74, 6) is 0. The minimum absolute atomic E-state index is 1.09. The van der Waals surface area contributed by atoms with Crippen molar-refractivity contribution in [1.29, 1.82) is 0 Å². The van der Waals surface area contributed by atoms with Gasteiger partial charge in [-0.25, -0.2) is 0 Å². The van der Waals surface area contributed by atoms with Crippen molar-refractivity contribution in [1.82, 2.24) is 19.7 Å². The number of para-hydroxylation sites is 1. The topological polar surface area (TPSA) is 25.5 Å². The second-order valence-electron chi connectivity index (χ2n) is 6.62. The van der Waals surface area contributed by atoms with E-state index in [4.69, 9.17) is 0 Å². The van der Waals surface area contributed by atoms with Crippen LogP contribution in [0.1, 0.15) is 18.2 Å². The molecule has 0 bridgehead atoms. The fourth-order valence-electron chi connectivity index (χ4n) is 3.87. The van der Waals surface area contributed by atoms with Crippen LogP contribution in [0.2, 0.25) is 0 Å². The second kappa shape index (κ2) is 6.03. The fourth-order valence-corrected chi connectivity index (χ4v) is 3.87. The van der Waals surface area contributed by atoms with Crippen molar-refractivity contribution in [3.05, 3.63) is 35.5 Å². The molecule has 2 aliphatic rings. The molecule has 22 heavy (non-hydrogen) atoms. The van der Waals surface area contributed by atoms with Crippen molar-refractivity contribution in [3.8, 4) is 0 Å². The van der Waals surface area contributed by atoms with Crippen LogP contribution >= 0.6 is 0 Å². The molecule has 0 saturated carbocycles. The summed E-state index contributed by atoms with van der Waals surface area (Å²) in [4.78, 5) is 11.4. The molecule has 1 aromatic carbocycles. The first kappa shape index (κ1) is 14.2. The smallest absolute Gasteiger partial charge is 0.0510 e. The van der Waals surface area contributed by atoms with Gasteiger partial charge in [0.25, 0.3) is 0 Å². The second-order valence-corrected chi connectivity index (χ2v) is 6.62. The Balaban J connectivity index is 1.44. The van der Waals surface area contributed by atoms with Crippen molar-refractivity contribution in [2.45, 2.75) is 19.9 Å². The number of nitrogens with one attached hydrogen (secondary N) is 1. The van der Waals surface area contributed by atoms with Gasteiger partial charge in [0.15, 0.2) is 0 Å². The summed E-state index contributed by atoms with van der Waals surface area (Å²) >= 11 is 0. The lowest BCUT2D eigenvalue weighted by Crippen LogP contribution is -2.50. The highest BCUT2D eigenvalue weighted by molar-refractivity contribution is 5.84. The van der Waals surface area contributed by atoms with Gasteiger partial charge in [0.05, 0.1) is 6.67 Å². The van der Waals surface area contributed by atoms with Crippen molar-refractivity contribution in [2.75, 3.05) is 45.9 Å². The molecule has 2 aliphatic heterocycles. The van der Waals surface area contributed by atoms with E-state index in [-0.39, 0.29) is 0 Å². The van der Waals surface area contributed by atoms with Crippen molar-refractivity contribution < 1.29 is 0 Å². The number of fused-ring (bicyclic) bond motifs is 3. The highest BCUT2D eigenvalue weighted by atomic mass is 15.3. The third-order valence-electron chi connectivity index (χ3n) is 5.27. The van der Waals surface area contributed by atoms with Crippen LogP contribution in [0.25, 0.3) is 10.9 Å². The van der Waals surface area contributed by atoms with Crippen LogP contribution in [0.3, 0.4) is 0 Å². The summed E-state index contributed by atoms with van der Waals surface area (Å²) in [6.45, 7) is 11.7. The van der Waals surface area contributed by atoms with Gasteiger partial charge in [-0.3, -0.25) is 9.80 Å². The lowest BCUT2D eigenvalue weighted by molar-refractivity contribution is 0.0696. The molecule has 1 saturated heterocycles. The molecule has 1 aromatic heterocycles. The molecule has 0 aliphatic carbocycles. The predicted octanol–water partition coefficient (Wildman–Crippen LogP) is 2.12. The minimum Gasteiger partial charge on any atom is -0.358 e. The van der Waals surface area contributed by atoms with E-state index in [0.29, 0.717) is 0 Å². The number of likely N-dealkylation sites (N-methyl/N-ethyl adjacent to an activating group) is 1. The molecule has 1 fully saturated rings. The number of benzene rings is 1. The van der Waals surface area contributed by atoms with E-state index >= 15 is 0 Å². The third-order valence-corrected chi connectivity index (χ3v) is 5.27. The van der Waals surface area contributed by atoms with Crippen LogP contribution in [-0.2, 0) is 13.0 Å². The molecule has 118 valence electrons. The maximum atomic E-state index is 3.61. The Kier molecular flexibility index (Phi) is 3.90. The number of hydrogen-bond donors (Lipinski definition) is 1. The summed E-state index contributed by atoms with van der Waals surface area (Å²) in [6.07, 6.45) is 1.15. The Bertz CT molecular complexity index is 640. The summed E-state index contributed by atoms with van der Waals surface area (Å²) in [7, 11) is 0. The first-order valence-corrected chi connectivity index (χ1v) is 8.59. The number of aromatic nitrogens is 1. The van der Waals surface area contributed by atoms with Crippen LogP contribution in [0.15, 0.2) is 24.3 Å². The zero-order valence-electron chi connectivity index (χ0n) is 13.5. The van der Waals surface area contributed by atoms with E-state index in [2.05, 4.69) is 50.9 Å². The third kappa shape index (κ3) is 2.67.